The molecule has 0 saturated heterocycles. The Labute approximate surface area is 111 Å². The summed E-state index contributed by atoms with van der Waals surface area (Å²) in [6, 6.07) is 0. The van der Waals surface area contributed by atoms with E-state index in [9.17, 15) is 8.78 Å². The van der Waals surface area contributed by atoms with Crippen LogP contribution in [0.5, 0.6) is 0 Å². The van der Waals surface area contributed by atoms with E-state index >= 15 is 0 Å². The van der Waals surface area contributed by atoms with Crippen molar-refractivity contribution in [3.63, 3.8) is 0 Å². The Morgan fingerprint density at radius 2 is 1.95 bits per heavy atom. The SMILES string of the molecule is CNc1ncnc(NCCOCC(F)F)c1C(C)C. The smallest absolute Gasteiger partial charge is 0.261 e. The van der Waals surface area contributed by atoms with Gasteiger partial charge in [0.2, 0.25) is 0 Å². The molecule has 0 fully saturated rings. The molecule has 1 aromatic rings. The number of anilines is 2. The van der Waals surface area contributed by atoms with E-state index in [1.165, 1.54) is 6.33 Å². The number of hydrogen-bond donors (Lipinski definition) is 2. The molecule has 1 heterocycles. The van der Waals surface area contributed by atoms with Gasteiger partial charge in [-0.2, -0.15) is 0 Å². The molecule has 0 atom stereocenters. The standard InChI is InChI=1S/C12H20F2N4O/c1-8(2)10-11(15-3)17-7-18-12(10)16-4-5-19-6-9(13)14/h7-9H,4-6H2,1-3H3,(H2,15,16,17,18). The molecule has 108 valence electrons. The van der Waals surface area contributed by atoms with Gasteiger partial charge in [0, 0.05) is 19.2 Å². The van der Waals surface area contributed by atoms with E-state index in [1.807, 2.05) is 13.8 Å². The third-order valence-electron chi connectivity index (χ3n) is 2.48. The van der Waals surface area contributed by atoms with Crippen molar-refractivity contribution in [2.75, 3.05) is 37.4 Å². The molecule has 0 radical (unpaired) electrons. The Morgan fingerprint density at radius 1 is 1.26 bits per heavy atom. The molecule has 0 aliphatic rings. The van der Waals surface area contributed by atoms with Crippen molar-refractivity contribution < 1.29 is 13.5 Å². The van der Waals surface area contributed by atoms with Crippen molar-refractivity contribution in [3.05, 3.63) is 11.9 Å². The average Bonchev–Trinajstić information content (AvgIpc) is 2.37. The predicted octanol–water partition coefficient (Wildman–Crippen LogP) is 2.34. The zero-order valence-electron chi connectivity index (χ0n) is 11.4. The minimum atomic E-state index is -2.43. The van der Waals surface area contributed by atoms with Crippen molar-refractivity contribution in [2.45, 2.75) is 26.2 Å². The van der Waals surface area contributed by atoms with Gasteiger partial charge in [-0.1, -0.05) is 13.8 Å². The molecular weight excluding hydrogens is 254 g/mol. The molecule has 19 heavy (non-hydrogen) atoms. The maximum absolute atomic E-state index is 11.9. The van der Waals surface area contributed by atoms with Gasteiger partial charge in [0.15, 0.2) is 0 Å². The summed E-state index contributed by atoms with van der Waals surface area (Å²) in [6.45, 7) is 4.17. The normalized spacial score (nSPS) is 11.1. The molecule has 0 bridgehead atoms. The van der Waals surface area contributed by atoms with E-state index < -0.39 is 13.0 Å². The van der Waals surface area contributed by atoms with Crippen molar-refractivity contribution in [1.29, 1.82) is 0 Å². The van der Waals surface area contributed by atoms with E-state index in [0.717, 1.165) is 11.4 Å². The second kappa shape index (κ2) is 7.83. The predicted molar refractivity (Wildman–Crippen MR) is 71.0 cm³/mol. The summed E-state index contributed by atoms with van der Waals surface area (Å²) in [5.74, 6) is 1.71. The van der Waals surface area contributed by atoms with Gasteiger partial charge in [0.05, 0.1) is 6.61 Å². The van der Waals surface area contributed by atoms with E-state index in [0.29, 0.717) is 12.4 Å². The summed E-state index contributed by atoms with van der Waals surface area (Å²) in [5, 5.41) is 6.09. The van der Waals surface area contributed by atoms with Crippen LogP contribution in [0, 0.1) is 0 Å². The fourth-order valence-electron chi connectivity index (χ4n) is 1.70. The first-order chi connectivity index (χ1) is 9.06. The topological polar surface area (TPSA) is 59.1 Å². The third-order valence-corrected chi connectivity index (χ3v) is 2.48. The summed E-state index contributed by atoms with van der Waals surface area (Å²) in [6.07, 6.45) is -0.971. The van der Waals surface area contributed by atoms with Crippen LogP contribution in [-0.4, -0.2) is 43.2 Å². The lowest BCUT2D eigenvalue weighted by Gasteiger charge is -2.16. The van der Waals surface area contributed by atoms with Crippen LogP contribution in [-0.2, 0) is 4.74 Å². The van der Waals surface area contributed by atoms with Crippen LogP contribution >= 0.6 is 0 Å². The number of hydrogen-bond acceptors (Lipinski definition) is 5. The van der Waals surface area contributed by atoms with E-state index in [1.54, 1.807) is 7.05 Å². The second-order valence-corrected chi connectivity index (χ2v) is 4.28. The summed E-state index contributed by atoms with van der Waals surface area (Å²) in [4.78, 5) is 8.33. The number of aromatic nitrogens is 2. The molecule has 5 nitrogen and oxygen atoms in total. The summed E-state index contributed by atoms with van der Waals surface area (Å²) >= 11 is 0. The van der Waals surface area contributed by atoms with Gasteiger partial charge in [-0.05, 0) is 5.92 Å². The van der Waals surface area contributed by atoms with Crippen LogP contribution in [0.15, 0.2) is 6.33 Å². The van der Waals surface area contributed by atoms with Crippen LogP contribution in [0.1, 0.15) is 25.3 Å². The van der Waals surface area contributed by atoms with Gasteiger partial charge in [0.1, 0.15) is 24.6 Å². The quantitative estimate of drug-likeness (QED) is 0.713. The third kappa shape index (κ3) is 4.94. The molecule has 0 aliphatic carbocycles. The highest BCUT2D eigenvalue weighted by Gasteiger charge is 2.13. The van der Waals surface area contributed by atoms with Crippen LogP contribution in [0.2, 0.25) is 0 Å². The van der Waals surface area contributed by atoms with Gasteiger partial charge in [-0.15, -0.1) is 0 Å². The van der Waals surface area contributed by atoms with Gasteiger partial charge < -0.3 is 15.4 Å². The maximum atomic E-state index is 11.9. The Bertz CT molecular complexity index is 388. The van der Waals surface area contributed by atoms with Gasteiger partial charge in [0.25, 0.3) is 6.43 Å². The van der Waals surface area contributed by atoms with Gasteiger partial charge >= 0.3 is 0 Å². The molecule has 1 aromatic heterocycles. The lowest BCUT2D eigenvalue weighted by Crippen LogP contribution is -2.16. The van der Waals surface area contributed by atoms with Gasteiger partial charge in [-0.25, -0.2) is 18.7 Å². The largest absolute Gasteiger partial charge is 0.374 e. The summed E-state index contributed by atoms with van der Waals surface area (Å²) in [5.41, 5.74) is 0.971. The molecule has 0 aliphatic heterocycles. The van der Waals surface area contributed by atoms with Crippen molar-refractivity contribution >= 4 is 11.6 Å². The Hall–Kier alpha value is -1.50. The van der Waals surface area contributed by atoms with E-state index in [2.05, 4.69) is 20.6 Å². The van der Waals surface area contributed by atoms with E-state index in [4.69, 9.17) is 4.74 Å². The number of ether oxygens (including phenoxy) is 1. The molecule has 1 rings (SSSR count). The fraction of sp³-hybridized carbons (Fsp3) is 0.667. The lowest BCUT2D eigenvalue weighted by atomic mass is 10.0. The fourth-order valence-corrected chi connectivity index (χ4v) is 1.70. The first-order valence-corrected chi connectivity index (χ1v) is 6.18. The molecule has 7 heteroatoms. The first kappa shape index (κ1) is 15.6. The van der Waals surface area contributed by atoms with Crippen LogP contribution in [0.4, 0.5) is 20.4 Å². The molecule has 0 spiro atoms. The van der Waals surface area contributed by atoms with Crippen LogP contribution < -0.4 is 10.6 Å². The molecule has 0 saturated carbocycles. The minimum Gasteiger partial charge on any atom is -0.374 e. The van der Waals surface area contributed by atoms with Crippen LogP contribution in [0.25, 0.3) is 0 Å². The minimum absolute atomic E-state index is 0.209. The van der Waals surface area contributed by atoms with Crippen molar-refractivity contribution in [2.24, 2.45) is 0 Å². The van der Waals surface area contributed by atoms with Gasteiger partial charge in [-0.3, -0.25) is 0 Å². The zero-order chi connectivity index (χ0) is 14.3. The summed E-state index contributed by atoms with van der Waals surface area (Å²) in [7, 11) is 1.80. The van der Waals surface area contributed by atoms with Crippen LogP contribution in [0.3, 0.4) is 0 Å². The number of nitrogens with one attached hydrogen (secondary N) is 2. The highest BCUT2D eigenvalue weighted by atomic mass is 19.3. The highest BCUT2D eigenvalue weighted by molar-refractivity contribution is 5.58. The summed E-state index contributed by atoms with van der Waals surface area (Å²) < 4.78 is 28.6. The number of nitrogens with zero attached hydrogens (tertiary/aromatic N) is 2. The monoisotopic (exact) mass is 274 g/mol. The number of alkyl halides is 2. The molecule has 2 N–H and O–H groups in total. The maximum Gasteiger partial charge on any atom is 0.261 e. The average molecular weight is 274 g/mol. The Balaban J connectivity index is 2.58. The number of rotatable bonds is 8. The first-order valence-electron chi connectivity index (χ1n) is 6.18. The highest BCUT2D eigenvalue weighted by Crippen LogP contribution is 2.27. The van der Waals surface area contributed by atoms with Crippen molar-refractivity contribution in [3.8, 4) is 0 Å². The zero-order valence-corrected chi connectivity index (χ0v) is 11.4. The molecule has 0 unspecified atom stereocenters. The number of halogens is 2. The molecule has 0 amide bonds. The van der Waals surface area contributed by atoms with E-state index in [-0.39, 0.29) is 12.5 Å². The second-order valence-electron chi connectivity index (χ2n) is 4.28. The molecular formula is C12H20F2N4O. The van der Waals surface area contributed by atoms with Crippen molar-refractivity contribution in [1.82, 2.24) is 9.97 Å². The Kier molecular flexibility index (Phi) is 6.41. The lowest BCUT2D eigenvalue weighted by molar-refractivity contribution is 0.0214. The molecule has 0 aromatic carbocycles. The Morgan fingerprint density at radius 3 is 2.53 bits per heavy atom.